The van der Waals surface area contributed by atoms with Gasteiger partial charge >= 0.3 is 0 Å². The van der Waals surface area contributed by atoms with Crippen molar-refractivity contribution in [2.45, 2.75) is 52.4 Å². The van der Waals surface area contributed by atoms with Crippen LogP contribution in [0.2, 0.25) is 0 Å². The Hall–Kier alpha value is -2.54. The molecule has 0 unspecified atom stereocenters. The lowest BCUT2D eigenvalue weighted by molar-refractivity contribution is -0.121. The van der Waals surface area contributed by atoms with Gasteiger partial charge in [0.15, 0.2) is 5.82 Å². The SMILES string of the molecule is Cc1ccc(-c2nc(CCNC(=O)CCCc3nc(C(C)C)no3)cs2)cc1. The van der Waals surface area contributed by atoms with Gasteiger partial charge in [-0.3, -0.25) is 4.79 Å². The lowest BCUT2D eigenvalue weighted by atomic mass is 10.2. The van der Waals surface area contributed by atoms with Crippen LogP contribution in [-0.2, 0) is 17.6 Å². The fourth-order valence-corrected chi connectivity index (χ4v) is 3.53. The Morgan fingerprint density at radius 2 is 1.96 bits per heavy atom. The molecule has 1 amide bonds. The summed E-state index contributed by atoms with van der Waals surface area (Å²) in [5.41, 5.74) is 3.38. The van der Waals surface area contributed by atoms with Gasteiger partial charge in [0.05, 0.1) is 5.69 Å². The first kappa shape index (κ1) is 20.2. The van der Waals surface area contributed by atoms with E-state index in [0.29, 0.717) is 37.5 Å². The van der Waals surface area contributed by atoms with Crippen LogP contribution in [0, 0.1) is 6.92 Å². The number of thiazole rings is 1. The molecule has 1 N–H and O–H groups in total. The highest BCUT2D eigenvalue weighted by Gasteiger charge is 2.10. The first-order valence-corrected chi connectivity index (χ1v) is 10.5. The van der Waals surface area contributed by atoms with E-state index in [4.69, 9.17) is 4.52 Å². The summed E-state index contributed by atoms with van der Waals surface area (Å²) < 4.78 is 5.19. The second kappa shape index (κ2) is 9.59. The largest absolute Gasteiger partial charge is 0.356 e. The Balaban J connectivity index is 1.36. The maximum absolute atomic E-state index is 12.0. The molecule has 0 saturated carbocycles. The number of carbonyl (C=O) groups is 1. The number of aryl methyl sites for hydroxylation is 2. The van der Waals surface area contributed by atoms with Gasteiger partial charge in [-0.05, 0) is 13.3 Å². The van der Waals surface area contributed by atoms with Gasteiger partial charge in [0.1, 0.15) is 5.01 Å². The van der Waals surface area contributed by atoms with Crippen LogP contribution in [0.1, 0.15) is 55.6 Å². The van der Waals surface area contributed by atoms with E-state index in [1.54, 1.807) is 11.3 Å². The summed E-state index contributed by atoms with van der Waals surface area (Å²) in [5, 5.41) is 9.96. The van der Waals surface area contributed by atoms with E-state index in [0.717, 1.165) is 22.7 Å². The topological polar surface area (TPSA) is 80.9 Å². The Kier molecular flexibility index (Phi) is 6.92. The molecule has 28 heavy (non-hydrogen) atoms. The summed E-state index contributed by atoms with van der Waals surface area (Å²) in [6, 6.07) is 8.36. The van der Waals surface area contributed by atoms with Gasteiger partial charge in [-0.15, -0.1) is 11.3 Å². The fourth-order valence-electron chi connectivity index (χ4n) is 2.67. The van der Waals surface area contributed by atoms with Crippen molar-refractivity contribution in [3.05, 3.63) is 52.6 Å². The number of amides is 1. The minimum atomic E-state index is 0.0394. The van der Waals surface area contributed by atoms with Crippen LogP contribution in [0.5, 0.6) is 0 Å². The molecule has 1 aromatic carbocycles. The number of rotatable bonds is 9. The fraction of sp³-hybridized carbons (Fsp3) is 0.429. The molecule has 148 valence electrons. The highest BCUT2D eigenvalue weighted by atomic mass is 32.1. The standard InChI is InChI=1S/C21H26N4O2S/c1-14(2)20-24-19(27-25-20)6-4-5-18(26)22-12-11-17-13-28-21(23-17)16-9-7-15(3)8-10-16/h7-10,13-14H,4-6,11-12H2,1-3H3,(H,22,26). The maximum atomic E-state index is 12.0. The number of nitrogens with zero attached hydrogens (tertiary/aromatic N) is 3. The minimum Gasteiger partial charge on any atom is -0.356 e. The van der Waals surface area contributed by atoms with Crippen molar-refractivity contribution >= 4 is 17.2 Å². The van der Waals surface area contributed by atoms with Crippen LogP contribution in [-0.4, -0.2) is 27.6 Å². The smallest absolute Gasteiger partial charge is 0.226 e. The lowest BCUT2D eigenvalue weighted by Gasteiger charge is -2.03. The van der Waals surface area contributed by atoms with Gasteiger partial charge in [0, 0.05) is 42.7 Å². The minimum absolute atomic E-state index is 0.0394. The zero-order chi connectivity index (χ0) is 19.9. The zero-order valence-electron chi connectivity index (χ0n) is 16.6. The number of aromatic nitrogens is 3. The molecule has 7 heteroatoms. The van der Waals surface area contributed by atoms with Crippen LogP contribution in [0.4, 0.5) is 0 Å². The van der Waals surface area contributed by atoms with Gasteiger partial charge in [-0.2, -0.15) is 4.98 Å². The summed E-state index contributed by atoms with van der Waals surface area (Å²) in [6.07, 6.45) is 2.50. The number of benzene rings is 1. The van der Waals surface area contributed by atoms with E-state index in [1.165, 1.54) is 5.56 Å². The van der Waals surface area contributed by atoms with Crippen LogP contribution in [0.15, 0.2) is 34.2 Å². The predicted molar refractivity (Wildman–Crippen MR) is 110 cm³/mol. The predicted octanol–water partition coefficient (Wildman–Crippen LogP) is 4.31. The summed E-state index contributed by atoms with van der Waals surface area (Å²) in [4.78, 5) is 21.0. The molecule has 0 aliphatic carbocycles. The third-order valence-electron chi connectivity index (χ3n) is 4.35. The molecular weight excluding hydrogens is 372 g/mol. The van der Waals surface area contributed by atoms with Gasteiger partial charge < -0.3 is 9.84 Å². The highest BCUT2D eigenvalue weighted by Crippen LogP contribution is 2.24. The van der Waals surface area contributed by atoms with E-state index in [2.05, 4.69) is 57.0 Å². The van der Waals surface area contributed by atoms with E-state index in [9.17, 15) is 4.79 Å². The van der Waals surface area contributed by atoms with E-state index >= 15 is 0 Å². The quantitative estimate of drug-likeness (QED) is 0.581. The summed E-state index contributed by atoms with van der Waals surface area (Å²) >= 11 is 1.64. The number of hydrogen-bond acceptors (Lipinski definition) is 6. The van der Waals surface area contributed by atoms with Gasteiger partial charge in [0.25, 0.3) is 0 Å². The number of hydrogen-bond donors (Lipinski definition) is 1. The summed E-state index contributed by atoms with van der Waals surface area (Å²) in [5.74, 6) is 1.60. The molecule has 6 nitrogen and oxygen atoms in total. The second-order valence-corrected chi connectivity index (χ2v) is 8.02. The molecule has 2 heterocycles. The number of nitrogens with one attached hydrogen (secondary N) is 1. The van der Waals surface area contributed by atoms with Crippen LogP contribution in [0.3, 0.4) is 0 Å². The first-order chi connectivity index (χ1) is 13.5. The summed E-state index contributed by atoms with van der Waals surface area (Å²) in [6.45, 7) is 6.71. The Morgan fingerprint density at radius 3 is 2.68 bits per heavy atom. The highest BCUT2D eigenvalue weighted by molar-refractivity contribution is 7.13. The first-order valence-electron chi connectivity index (χ1n) is 9.62. The Labute approximate surface area is 169 Å². The monoisotopic (exact) mass is 398 g/mol. The van der Waals surface area contributed by atoms with Crippen LogP contribution in [0.25, 0.3) is 10.6 Å². The molecule has 0 spiro atoms. The van der Waals surface area contributed by atoms with Gasteiger partial charge in [-0.1, -0.05) is 48.8 Å². The second-order valence-electron chi connectivity index (χ2n) is 7.16. The molecule has 3 rings (SSSR count). The molecule has 3 aromatic rings. The van der Waals surface area contributed by atoms with Crippen LogP contribution < -0.4 is 5.32 Å². The lowest BCUT2D eigenvalue weighted by Crippen LogP contribution is -2.25. The van der Waals surface area contributed by atoms with Crippen molar-refractivity contribution in [2.24, 2.45) is 0 Å². The molecule has 0 atom stereocenters. The van der Waals surface area contributed by atoms with Crippen molar-refractivity contribution in [1.82, 2.24) is 20.4 Å². The van der Waals surface area contributed by atoms with Gasteiger partial charge in [-0.25, -0.2) is 4.98 Å². The van der Waals surface area contributed by atoms with Crippen molar-refractivity contribution in [3.8, 4) is 10.6 Å². The van der Waals surface area contributed by atoms with E-state index in [1.807, 2.05) is 13.8 Å². The van der Waals surface area contributed by atoms with E-state index in [-0.39, 0.29) is 11.8 Å². The number of carbonyl (C=O) groups excluding carboxylic acids is 1. The Bertz CT molecular complexity index is 899. The van der Waals surface area contributed by atoms with Crippen molar-refractivity contribution in [3.63, 3.8) is 0 Å². The third kappa shape index (κ3) is 5.73. The maximum Gasteiger partial charge on any atom is 0.226 e. The molecule has 2 aromatic heterocycles. The molecule has 0 saturated heterocycles. The summed E-state index contributed by atoms with van der Waals surface area (Å²) in [7, 11) is 0. The molecule has 0 radical (unpaired) electrons. The normalized spacial score (nSPS) is 11.1. The van der Waals surface area contributed by atoms with Crippen LogP contribution >= 0.6 is 11.3 Å². The Morgan fingerprint density at radius 1 is 1.18 bits per heavy atom. The van der Waals surface area contributed by atoms with Crippen molar-refractivity contribution < 1.29 is 9.32 Å². The zero-order valence-corrected chi connectivity index (χ0v) is 17.4. The van der Waals surface area contributed by atoms with Gasteiger partial charge in [0.2, 0.25) is 11.8 Å². The molecule has 0 aliphatic heterocycles. The third-order valence-corrected chi connectivity index (χ3v) is 5.29. The van der Waals surface area contributed by atoms with E-state index < -0.39 is 0 Å². The molecule has 0 aliphatic rings. The molecular formula is C21H26N4O2S. The molecule has 0 bridgehead atoms. The van der Waals surface area contributed by atoms with Crippen molar-refractivity contribution in [1.29, 1.82) is 0 Å². The van der Waals surface area contributed by atoms with Crippen molar-refractivity contribution in [2.75, 3.05) is 6.54 Å². The average molecular weight is 399 g/mol. The molecule has 0 fully saturated rings. The average Bonchev–Trinajstić information content (AvgIpc) is 3.32.